The number of hydrogen-bond acceptors (Lipinski definition) is 1. The first kappa shape index (κ1) is 6.06. The number of fused-ring (bicyclic) bond motifs is 4. The lowest BCUT2D eigenvalue weighted by atomic mass is 10.0. The highest BCUT2D eigenvalue weighted by molar-refractivity contribution is 5.28. The van der Waals surface area contributed by atoms with Crippen LogP contribution in [0.3, 0.4) is 0 Å². The number of quaternary nitrogens is 1. The maximum Gasteiger partial charge on any atom is 0.213 e. The van der Waals surface area contributed by atoms with Crippen molar-refractivity contribution in [2.45, 2.75) is 31.4 Å². The number of nitrogens with zero attached hydrogens (tertiary/aromatic N) is 1. The Balaban J connectivity index is 2.13. The molecule has 0 spiro atoms. The van der Waals surface area contributed by atoms with Gasteiger partial charge in [-0.2, -0.15) is 0 Å². The Morgan fingerprint density at radius 2 is 2.27 bits per heavy atom. The van der Waals surface area contributed by atoms with Crippen LogP contribution < -0.4 is 0 Å². The van der Waals surface area contributed by atoms with Gasteiger partial charge in [-0.1, -0.05) is 0 Å². The molecule has 0 aromatic heterocycles. The topological polar surface area (TPSA) is 12.5 Å². The van der Waals surface area contributed by atoms with Crippen LogP contribution >= 0.6 is 0 Å². The van der Waals surface area contributed by atoms with Crippen molar-refractivity contribution in [2.75, 3.05) is 14.1 Å². The van der Waals surface area contributed by atoms with Gasteiger partial charge in [0.05, 0.1) is 14.1 Å². The van der Waals surface area contributed by atoms with Gasteiger partial charge in [-0.05, 0) is 6.42 Å². The fraction of sp³-hybridized carbons (Fsp3) is 0.778. The molecule has 3 aliphatic heterocycles. The van der Waals surface area contributed by atoms with Crippen molar-refractivity contribution >= 4 is 0 Å². The van der Waals surface area contributed by atoms with Crippen molar-refractivity contribution in [1.82, 2.24) is 0 Å². The fourth-order valence-electron chi connectivity index (χ4n) is 2.78. The van der Waals surface area contributed by atoms with Gasteiger partial charge in [0.2, 0.25) is 11.9 Å². The summed E-state index contributed by atoms with van der Waals surface area (Å²) in [5.74, 6) is 1.34. The normalized spacial score (nSPS) is 43.5. The number of likely N-dealkylation sites (N-methyl/N-ethyl adjacent to an activating group) is 1. The molecular weight excluding hydrogens is 138 g/mol. The minimum atomic E-state index is 0.530. The molecule has 3 aliphatic rings. The second-order valence-electron chi connectivity index (χ2n) is 4.35. The largest absolute Gasteiger partial charge is 0.470 e. The molecule has 0 radical (unpaired) electrons. The van der Waals surface area contributed by atoms with Gasteiger partial charge in [-0.15, -0.1) is 0 Å². The van der Waals surface area contributed by atoms with Gasteiger partial charge >= 0.3 is 0 Å². The zero-order valence-electron chi connectivity index (χ0n) is 7.13. The van der Waals surface area contributed by atoms with Crippen molar-refractivity contribution in [2.24, 2.45) is 0 Å². The second-order valence-corrected chi connectivity index (χ2v) is 4.35. The molecule has 60 valence electrons. The summed E-state index contributed by atoms with van der Waals surface area (Å²) in [7, 11) is 4.64. The molecule has 11 heavy (non-hydrogen) atoms. The number of hydrogen-bond donors (Lipinski definition) is 0. The third kappa shape index (κ3) is 0.539. The van der Waals surface area contributed by atoms with Crippen LogP contribution in [0.1, 0.15) is 19.3 Å². The van der Waals surface area contributed by atoms with Crippen LogP contribution in [0.15, 0.2) is 11.5 Å². The smallest absolute Gasteiger partial charge is 0.213 e. The lowest BCUT2D eigenvalue weighted by molar-refractivity contribution is -0.881. The third-order valence-corrected chi connectivity index (χ3v) is 3.53. The van der Waals surface area contributed by atoms with Crippen molar-refractivity contribution in [1.29, 1.82) is 0 Å². The van der Waals surface area contributed by atoms with Crippen LogP contribution in [0.2, 0.25) is 0 Å². The Kier molecular flexibility index (Phi) is 0.819. The second kappa shape index (κ2) is 1.48. The average Bonchev–Trinajstić information content (AvgIpc) is 2.56. The number of piperidine rings is 1. The minimum absolute atomic E-state index is 0.530. The zero-order chi connectivity index (χ0) is 7.64. The van der Waals surface area contributed by atoms with Crippen molar-refractivity contribution in [3.05, 3.63) is 11.5 Å². The van der Waals surface area contributed by atoms with E-state index in [9.17, 15) is 0 Å². The van der Waals surface area contributed by atoms with Gasteiger partial charge in [-0.3, -0.25) is 4.48 Å². The lowest BCUT2D eigenvalue weighted by Gasteiger charge is -2.38. The Morgan fingerprint density at radius 3 is 2.91 bits per heavy atom. The first-order valence-corrected chi connectivity index (χ1v) is 4.45. The number of rotatable bonds is 0. The van der Waals surface area contributed by atoms with E-state index >= 15 is 0 Å². The van der Waals surface area contributed by atoms with E-state index in [4.69, 9.17) is 4.74 Å². The Hall–Kier alpha value is -0.500. The van der Waals surface area contributed by atoms with Crippen LogP contribution in [-0.2, 0) is 4.74 Å². The van der Waals surface area contributed by atoms with E-state index in [2.05, 4.69) is 14.1 Å². The molecule has 2 fully saturated rings. The maximum absolute atomic E-state index is 5.52. The molecule has 2 saturated heterocycles. The highest BCUT2D eigenvalue weighted by Crippen LogP contribution is 2.52. The Morgan fingerprint density at radius 1 is 1.45 bits per heavy atom. The van der Waals surface area contributed by atoms with Crippen molar-refractivity contribution in [3.63, 3.8) is 0 Å². The zero-order valence-corrected chi connectivity index (χ0v) is 7.13. The third-order valence-electron chi connectivity index (χ3n) is 3.53. The van der Waals surface area contributed by atoms with Crippen molar-refractivity contribution < 1.29 is 9.22 Å². The molecule has 2 atom stereocenters. The van der Waals surface area contributed by atoms with E-state index in [1.807, 2.05) is 0 Å². The highest BCUT2D eigenvalue weighted by atomic mass is 16.6. The van der Waals surface area contributed by atoms with Crippen molar-refractivity contribution in [3.8, 4) is 0 Å². The summed E-state index contributed by atoms with van der Waals surface area (Å²) in [5.41, 5.74) is 1.58. The lowest BCUT2D eigenvalue weighted by Crippen LogP contribution is -2.49. The first-order valence-electron chi connectivity index (χ1n) is 4.45. The fourth-order valence-corrected chi connectivity index (χ4v) is 2.78. The van der Waals surface area contributed by atoms with Gasteiger partial charge in [0.25, 0.3) is 0 Å². The van der Waals surface area contributed by atoms with Gasteiger partial charge in [0, 0.05) is 12.8 Å². The molecule has 2 bridgehead atoms. The molecule has 2 unspecified atom stereocenters. The SMILES string of the molecule is C[N+]1(C)C2=C3OC3C1CCC2. The van der Waals surface area contributed by atoms with Gasteiger partial charge < -0.3 is 4.74 Å². The maximum atomic E-state index is 5.52. The monoisotopic (exact) mass is 152 g/mol. The number of ether oxygens (including phenoxy) is 1. The first-order chi connectivity index (χ1) is 5.21. The summed E-state index contributed by atoms with van der Waals surface area (Å²) in [6.45, 7) is 0. The predicted octanol–water partition coefficient (Wildman–Crippen LogP) is 1.24. The molecule has 2 heteroatoms. The van der Waals surface area contributed by atoms with Gasteiger partial charge in [-0.25, -0.2) is 0 Å². The van der Waals surface area contributed by atoms with Gasteiger partial charge in [0.15, 0.2) is 5.70 Å². The Bertz CT molecular complexity index is 254. The number of allylic oxidation sites excluding steroid dienone is 1. The summed E-state index contributed by atoms with van der Waals surface area (Å²) in [5, 5.41) is 0. The highest BCUT2D eigenvalue weighted by Gasteiger charge is 2.62. The summed E-state index contributed by atoms with van der Waals surface area (Å²) >= 11 is 0. The molecule has 0 aromatic rings. The van der Waals surface area contributed by atoms with Crippen LogP contribution in [0.25, 0.3) is 0 Å². The minimum Gasteiger partial charge on any atom is -0.470 e. The molecule has 0 N–H and O–H groups in total. The summed E-state index contributed by atoms with van der Waals surface area (Å²) in [4.78, 5) is 0. The molecule has 3 rings (SSSR count). The standard InChI is InChI=1S/C9H14NO/c1-10(2)6-4-3-5-7(10)9-8(6)11-9/h6,8H,3-5H2,1-2H3/q+1. The van der Waals surface area contributed by atoms with E-state index in [0.29, 0.717) is 6.10 Å². The number of epoxide rings is 1. The van der Waals surface area contributed by atoms with Crippen LogP contribution in [0.5, 0.6) is 0 Å². The molecule has 2 nitrogen and oxygen atoms in total. The quantitative estimate of drug-likeness (QED) is 0.376. The van der Waals surface area contributed by atoms with E-state index in [0.717, 1.165) is 10.5 Å². The molecular formula is C9H14NO+. The van der Waals surface area contributed by atoms with Crippen LogP contribution in [0.4, 0.5) is 0 Å². The van der Waals surface area contributed by atoms with E-state index in [-0.39, 0.29) is 0 Å². The van der Waals surface area contributed by atoms with E-state index in [1.165, 1.54) is 25.0 Å². The Labute approximate surface area is 67.0 Å². The van der Waals surface area contributed by atoms with E-state index < -0.39 is 0 Å². The molecule has 0 aliphatic carbocycles. The summed E-state index contributed by atoms with van der Waals surface area (Å²) in [6, 6.07) is 0.758. The molecule has 0 aromatic carbocycles. The van der Waals surface area contributed by atoms with Crippen LogP contribution in [-0.4, -0.2) is 30.7 Å². The van der Waals surface area contributed by atoms with E-state index in [1.54, 1.807) is 5.70 Å². The molecule has 0 amide bonds. The average molecular weight is 152 g/mol. The van der Waals surface area contributed by atoms with Gasteiger partial charge in [0.1, 0.15) is 6.04 Å². The molecule has 3 heterocycles. The summed E-state index contributed by atoms with van der Waals surface area (Å²) in [6.07, 6.45) is 4.54. The predicted molar refractivity (Wildman–Crippen MR) is 41.6 cm³/mol. The summed E-state index contributed by atoms with van der Waals surface area (Å²) < 4.78 is 6.64. The van der Waals surface area contributed by atoms with Crippen LogP contribution in [0, 0.1) is 0 Å². The molecule has 0 saturated carbocycles.